The number of methoxy groups -OCH3 is 3. The summed E-state index contributed by atoms with van der Waals surface area (Å²) in [6.07, 6.45) is 4.39. The molecule has 0 aromatic heterocycles. The third-order valence-electron chi connectivity index (χ3n) is 4.96. The molecule has 2 N–H and O–H groups in total. The Hall–Kier alpha value is -3.35. The molecule has 0 saturated carbocycles. The standard InChI is InChI=1S/C23H30N4O3/c1-24-23(25-15-17-8-7-9-19(12-17)27-10-5-6-11-27)26-16-18-13-20(28-2)22(30-4)21(14-18)29-3/h5-9,12-14H,10-11,15-16H2,1-4H3,(H2,24,25,26). The van der Waals surface area contributed by atoms with Crippen LogP contribution in [-0.2, 0) is 13.1 Å². The first-order valence-electron chi connectivity index (χ1n) is 9.90. The average molecular weight is 411 g/mol. The van der Waals surface area contributed by atoms with Gasteiger partial charge in [-0.1, -0.05) is 24.3 Å². The van der Waals surface area contributed by atoms with Crippen molar-refractivity contribution >= 4 is 11.6 Å². The first kappa shape index (κ1) is 21.4. The Labute approximate surface area is 178 Å². The van der Waals surface area contributed by atoms with Crippen molar-refractivity contribution in [1.82, 2.24) is 10.6 Å². The van der Waals surface area contributed by atoms with E-state index in [0.29, 0.717) is 30.3 Å². The number of hydrogen-bond acceptors (Lipinski definition) is 5. The normalized spacial score (nSPS) is 13.3. The van der Waals surface area contributed by atoms with Crippen LogP contribution in [0.15, 0.2) is 53.5 Å². The van der Waals surface area contributed by atoms with Crippen molar-refractivity contribution in [2.45, 2.75) is 13.1 Å². The van der Waals surface area contributed by atoms with E-state index in [1.807, 2.05) is 12.1 Å². The van der Waals surface area contributed by atoms with Crippen LogP contribution in [-0.4, -0.2) is 47.4 Å². The summed E-state index contributed by atoms with van der Waals surface area (Å²) in [5.74, 6) is 2.56. The Morgan fingerprint density at radius 1 is 0.900 bits per heavy atom. The topological polar surface area (TPSA) is 67.4 Å². The monoisotopic (exact) mass is 410 g/mol. The largest absolute Gasteiger partial charge is 0.493 e. The van der Waals surface area contributed by atoms with Crippen molar-refractivity contribution in [2.75, 3.05) is 46.4 Å². The molecule has 0 amide bonds. The number of nitrogens with one attached hydrogen (secondary N) is 2. The van der Waals surface area contributed by atoms with Crippen LogP contribution in [0.25, 0.3) is 0 Å². The second-order valence-electron chi connectivity index (χ2n) is 6.86. The zero-order chi connectivity index (χ0) is 21.3. The lowest BCUT2D eigenvalue weighted by atomic mass is 10.1. The summed E-state index contributed by atoms with van der Waals surface area (Å²) in [4.78, 5) is 6.66. The van der Waals surface area contributed by atoms with Crippen LogP contribution in [0.2, 0.25) is 0 Å². The summed E-state index contributed by atoms with van der Waals surface area (Å²) < 4.78 is 16.2. The van der Waals surface area contributed by atoms with Crippen molar-refractivity contribution in [2.24, 2.45) is 4.99 Å². The van der Waals surface area contributed by atoms with Gasteiger partial charge in [-0.15, -0.1) is 0 Å². The SMILES string of the molecule is CN=C(NCc1cccc(N2CC=CC2)c1)NCc1cc(OC)c(OC)c(OC)c1. The van der Waals surface area contributed by atoms with E-state index >= 15 is 0 Å². The van der Waals surface area contributed by atoms with Crippen LogP contribution >= 0.6 is 0 Å². The summed E-state index contributed by atoms with van der Waals surface area (Å²) in [6, 6.07) is 12.4. The quantitative estimate of drug-likeness (QED) is 0.396. The lowest BCUT2D eigenvalue weighted by Crippen LogP contribution is -2.36. The van der Waals surface area contributed by atoms with Gasteiger partial charge in [-0.2, -0.15) is 0 Å². The second kappa shape index (κ2) is 10.4. The van der Waals surface area contributed by atoms with E-state index in [-0.39, 0.29) is 0 Å². The lowest BCUT2D eigenvalue weighted by Gasteiger charge is -2.19. The Kier molecular flexibility index (Phi) is 7.43. The third kappa shape index (κ3) is 5.17. The van der Waals surface area contributed by atoms with Crippen LogP contribution in [0.3, 0.4) is 0 Å². The molecule has 7 nitrogen and oxygen atoms in total. The zero-order valence-electron chi connectivity index (χ0n) is 18.1. The summed E-state index contributed by atoms with van der Waals surface area (Å²) >= 11 is 0. The van der Waals surface area contributed by atoms with Crippen molar-refractivity contribution in [3.05, 3.63) is 59.7 Å². The fourth-order valence-electron chi connectivity index (χ4n) is 3.38. The molecule has 7 heteroatoms. The molecule has 0 saturated heterocycles. The van der Waals surface area contributed by atoms with Gasteiger partial charge in [-0.05, 0) is 35.4 Å². The molecule has 0 unspecified atom stereocenters. The van der Waals surface area contributed by atoms with Gasteiger partial charge in [-0.3, -0.25) is 4.99 Å². The molecule has 0 spiro atoms. The maximum absolute atomic E-state index is 5.42. The highest BCUT2D eigenvalue weighted by Gasteiger charge is 2.13. The molecule has 0 atom stereocenters. The van der Waals surface area contributed by atoms with Crippen molar-refractivity contribution in [3.63, 3.8) is 0 Å². The molecular formula is C23H30N4O3. The molecule has 0 radical (unpaired) electrons. The Balaban J connectivity index is 1.60. The molecular weight excluding hydrogens is 380 g/mol. The number of nitrogens with zero attached hydrogens (tertiary/aromatic N) is 2. The van der Waals surface area contributed by atoms with Gasteiger partial charge in [0.2, 0.25) is 5.75 Å². The van der Waals surface area contributed by atoms with E-state index in [2.05, 4.69) is 56.9 Å². The van der Waals surface area contributed by atoms with Gasteiger partial charge in [0.15, 0.2) is 17.5 Å². The number of anilines is 1. The number of aliphatic imine (C=N–C) groups is 1. The van der Waals surface area contributed by atoms with Crippen LogP contribution in [0.5, 0.6) is 17.2 Å². The van der Waals surface area contributed by atoms with Crippen LogP contribution < -0.4 is 29.7 Å². The summed E-state index contributed by atoms with van der Waals surface area (Å²) in [7, 11) is 6.58. The minimum atomic E-state index is 0.565. The Morgan fingerprint density at radius 2 is 1.53 bits per heavy atom. The summed E-state index contributed by atoms with van der Waals surface area (Å²) in [5.41, 5.74) is 3.44. The second-order valence-corrected chi connectivity index (χ2v) is 6.86. The van der Waals surface area contributed by atoms with Gasteiger partial charge in [0, 0.05) is 38.9 Å². The van der Waals surface area contributed by atoms with Gasteiger partial charge in [0.25, 0.3) is 0 Å². The number of guanidine groups is 1. The van der Waals surface area contributed by atoms with E-state index in [4.69, 9.17) is 14.2 Å². The first-order chi connectivity index (χ1) is 14.7. The fourth-order valence-corrected chi connectivity index (χ4v) is 3.38. The lowest BCUT2D eigenvalue weighted by molar-refractivity contribution is 0.323. The molecule has 30 heavy (non-hydrogen) atoms. The molecule has 0 fully saturated rings. The van der Waals surface area contributed by atoms with Crippen LogP contribution in [0.4, 0.5) is 5.69 Å². The van der Waals surface area contributed by atoms with Gasteiger partial charge in [0.1, 0.15) is 0 Å². The minimum Gasteiger partial charge on any atom is -0.493 e. The van der Waals surface area contributed by atoms with Gasteiger partial charge < -0.3 is 29.7 Å². The highest BCUT2D eigenvalue weighted by Crippen LogP contribution is 2.38. The Morgan fingerprint density at radius 3 is 2.10 bits per heavy atom. The maximum atomic E-state index is 5.42. The fraction of sp³-hybridized carbons (Fsp3) is 0.348. The van der Waals surface area contributed by atoms with Crippen molar-refractivity contribution in [3.8, 4) is 17.2 Å². The van der Waals surface area contributed by atoms with Gasteiger partial charge in [-0.25, -0.2) is 0 Å². The summed E-state index contributed by atoms with van der Waals surface area (Å²) in [5, 5.41) is 6.70. The van der Waals surface area contributed by atoms with E-state index in [1.165, 1.54) is 11.3 Å². The molecule has 2 aromatic carbocycles. The van der Waals surface area contributed by atoms with Crippen molar-refractivity contribution < 1.29 is 14.2 Å². The number of hydrogen-bond donors (Lipinski definition) is 2. The molecule has 3 rings (SSSR count). The van der Waals surface area contributed by atoms with Crippen molar-refractivity contribution in [1.29, 1.82) is 0 Å². The smallest absolute Gasteiger partial charge is 0.203 e. The number of rotatable bonds is 8. The molecule has 0 bridgehead atoms. The average Bonchev–Trinajstić information content (AvgIpc) is 3.33. The van der Waals surface area contributed by atoms with Gasteiger partial charge in [0.05, 0.1) is 21.3 Å². The highest BCUT2D eigenvalue weighted by molar-refractivity contribution is 5.79. The van der Waals surface area contributed by atoms with Gasteiger partial charge >= 0.3 is 0 Å². The molecule has 1 heterocycles. The molecule has 1 aliphatic heterocycles. The molecule has 160 valence electrons. The minimum absolute atomic E-state index is 0.565. The van der Waals surface area contributed by atoms with Crippen LogP contribution in [0, 0.1) is 0 Å². The maximum Gasteiger partial charge on any atom is 0.203 e. The molecule has 1 aliphatic rings. The van der Waals surface area contributed by atoms with E-state index in [9.17, 15) is 0 Å². The Bertz CT molecular complexity index is 878. The highest BCUT2D eigenvalue weighted by atomic mass is 16.5. The number of ether oxygens (including phenoxy) is 3. The molecule has 2 aromatic rings. The van der Waals surface area contributed by atoms with E-state index in [0.717, 1.165) is 24.6 Å². The number of benzene rings is 2. The first-order valence-corrected chi connectivity index (χ1v) is 9.90. The third-order valence-corrected chi connectivity index (χ3v) is 4.96. The molecule has 0 aliphatic carbocycles. The van der Waals surface area contributed by atoms with E-state index in [1.54, 1.807) is 28.4 Å². The van der Waals surface area contributed by atoms with Crippen LogP contribution in [0.1, 0.15) is 11.1 Å². The predicted molar refractivity (Wildman–Crippen MR) is 121 cm³/mol. The van der Waals surface area contributed by atoms with E-state index < -0.39 is 0 Å². The summed E-state index contributed by atoms with van der Waals surface area (Å²) in [6.45, 7) is 3.18. The predicted octanol–water partition coefficient (Wildman–Crippen LogP) is 2.95. The zero-order valence-corrected chi connectivity index (χ0v) is 18.1.